The van der Waals surface area contributed by atoms with Crippen molar-refractivity contribution in [3.8, 4) is 0 Å². The maximum atomic E-state index is 12.2. The third kappa shape index (κ3) is 32.3. The predicted octanol–water partition coefficient (Wildman–Crippen LogP) is 8.60. The van der Waals surface area contributed by atoms with Crippen LogP contribution >= 0.6 is 7.82 Å². The molecule has 0 heterocycles. The highest BCUT2D eigenvalue weighted by molar-refractivity contribution is 7.47. The number of rotatable bonds is 31. The molecule has 41 heavy (non-hydrogen) atoms. The summed E-state index contributed by atoms with van der Waals surface area (Å²) in [6.07, 6.45) is 23.8. The van der Waals surface area contributed by atoms with Crippen molar-refractivity contribution < 1.29 is 37.3 Å². The van der Waals surface area contributed by atoms with Crippen LogP contribution in [0.4, 0.5) is 0 Å². The molecule has 0 aromatic carbocycles. The summed E-state index contributed by atoms with van der Waals surface area (Å²) in [5, 5.41) is 0. The fraction of sp³-hybridized carbons (Fsp3) is 0.969. The van der Waals surface area contributed by atoms with Gasteiger partial charge < -0.3 is 18.9 Å². The molecule has 8 nitrogen and oxygen atoms in total. The number of carbonyl (C=O) groups is 1. The number of quaternary nitrogens is 1. The molecule has 0 saturated heterocycles. The summed E-state index contributed by atoms with van der Waals surface area (Å²) in [6.45, 7) is 5.37. The Morgan fingerprint density at radius 2 is 1.10 bits per heavy atom. The zero-order chi connectivity index (χ0) is 30.7. The van der Waals surface area contributed by atoms with Crippen molar-refractivity contribution in [2.45, 2.75) is 148 Å². The minimum atomic E-state index is -4.20. The molecule has 0 aliphatic rings. The topological polar surface area (TPSA) is 91.3 Å². The van der Waals surface area contributed by atoms with E-state index < -0.39 is 19.9 Å². The Hall–Kier alpha value is -0.500. The van der Waals surface area contributed by atoms with Crippen molar-refractivity contribution in [1.29, 1.82) is 0 Å². The van der Waals surface area contributed by atoms with Crippen LogP contribution in [0.5, 0.6) is 0 Å². The zero-order valence-corrected chi connectivity index (χ0v) is 28.4. The summed E-state index contributed by atoms with van der Waals surface area (Å²) < 4.78 is 34.3. The van der Waals surface area contributed by atoms with Crippen LogP contribution in [0.15, 0.2) is 0 Å². The van der Waals surface area contributed by atoms with Crippen molar-refractivity contribution in [2.75, 3.05) is 54.1 Å². The monoisotopic (exact) mass is 608 g/mol. The van der Waals surface area contributed by atoms with Crippen LogP contribution in [-0.2, 0) is 27.9 Å². The van der Waals surface area contributed by atoms with Gasteiger partial charge in [0.1, 0.15) is 6.10 Å². The lowest BCUT2D eigenvalue weighted by Gasteiger charge is -2.23. The van der Waals surface area contributed by atoms with Crippen LogP contribution in [0, 0.1) is 0 Å². The van der Waals surface area contributed by atoms with Crippen molar-refractivity contribution in [2.24, 2.45) is 0 Å². The second-order valence-corrected chi connectivity index (χ2v) is 14.1. The molecule has 2 atom stereocenters. The van der Waals surface area contributed by atoms with E-state index in [0.29, 0.717) is 13.0 Å². The Kier molecular flexibility index (Phi) is 26.7. The quantitative estimate of drug-likeness (QED) is 0.0365. The lowest BCUT2D eigenvalue weighted by molar-refractivity contribution is -0.870. The fourth-order valence-corrected chi connectivity index (χ4v) is 5.54. The number of nitrogens with zero attached hydrogens (tertiary/aromatic N) is 1. The van der Waals surface area contributed by atoms with Gasteiger partial charge in [-0.25, -0.2) is 4.57 Å². The molecule has 1 N–H and O–H groups in total. The van der Waals surface area contributed by atoms with Gasteiger partial charge in [0.2, 0.25) is 0 Å². The second kappa shape index (κ2) is 27.1. The SMILES string of the molecule is CCCCCCCCCCCCCCCCOCC(COP(=O)(O)OCCCCCCCC[N+](C)(C)C)OC(C)=O. The van der Waals surface area contributed by atoms with Crippen LogP contribution in [-0.4, -0.2) is 75.6 Å². The second-order valence-electron chi connectivity index (χ2n) is 12.6. The molecule has 0 saturated carbocycles. The summed E-state index contributed by atoms with van der Waals surface area (Å²) in [7, 11) is 2.41. The third-order valence-electron chi connectivity index (χ3n) is 7.18. The lowest BCUT2D eigenvalue weighted by atomic mass is 10.0. The lowest BCUT2D eigenvalue weighted by Crippen LogP contribution is -2.35. The average Bonchev–Trinajstić information content (AvgIpc) is 2.89. The van der Waals surface area contributed by atoms with Gasteiger partial charge in [0, 0.05) is 13.5 Å². The van der Waals surface area contributed by atoms with E-state index >= 15 is 0 Å². The number of phosphoric ester groups is 1. The van der Waals surface area contributed by atoms with Gasteiger partial charge in [0.05, 0.1) is 47.5 Å². The molecule has 0 amide bonds. The zero-order valence-electron chi connectivity index (χ0n) is 27.5. The van der Waals surface area contributed by atoms with Crippen molar-refractivity contribution in [3.05, 3.63) is 0 Å². The number of phosphoric acid groups is 1. The molecule has 0 spiro atoms. The summed E-state index contributed by atoms with van der Waals surface area (Å²) in [5.74, 6) is -0.478. The fourth-order valence-electron chi connectivity index (χ4n) is 4.75. The molecule has 2 unspecified atom stereocenters. The van der Waals surface area contributed by atoms with Crippen LogP contribution in [0.1, 0.15) is 142 Å². The molecule has 0 aliphatic carbocycles. The minimum Gasteiger partial charge on any atom is -0.458 e. The van der Waals surface area contributed by atoms with Gasteiger partial charge in [-0.2, -0.15) is 0 Å². The minimum absolute atomic E-state index is 0.131. The molecule has 246 valence electrons. The van der Waals surface area contributed by atoms with E-state index in [1.54, 1.807) is 0 Å². The average molecular weight is 609 g/mol. The number of unbranched alkanes of at least 4 members (excludes halogenated alkanes) is 18. The van der Waals surface area contributed by atoms with Crippen molar-refractivity contribution >= 4 is 13.8 Å². The first kappa shape index (κ1) is 40.5. The van der Waals surface area contributed by atoms with Gasteiger partial charge in [-0.05, 0) is 25.7 Å². The third-order valence-corrected chi connectivity index (χ3v) is 8.16. The molecule has 0 aliphatic heterocycles. The van der Waals surface area contributed by atoms with E-state index in [1.165, 1.54) is 103 Å². The molecule has 0 fully saturated rings. The largest absolute Gasteiger partial charge is 0.472 e. The maximum Gasteiger partial charge on any atom is 0.472 e. The van der Waals surface area contributed by atoms with Gasteiger partial charge in [-0.3, -0.25) is 13.8 Å². The molecule has 0 bridgehead atoms. The van der Waals surface area contributed by atoms with Gasteiger partial charge in [-0.15, -0.1) is 0 Å². The number of carbonyl (C=O) groups excluding carboxylic acids is 1. The van der Waals surface area contributed by atoms with Gasteiger partial charge in [0.25, 0.3) is 0 Å². The van der Waals surface area contributed by atoms with Gasteiger partial charge >= 0.3 is 13.8 Å². The first-order chi connectivity index (χ1) is 19.6. The summed E-state index contributed by atoms with van der Waals surface area (Å²) in [4.78, 5) is 21.4. The van der Waals surface area contributed by atoms with E-state index in [9.17, 15) is 14.3 Å². The Labute approximate surface area is 253 Å². The van der Waals surface area contributed by atoms with Gasteiger partial charge in [0.15, 0.2) is 0 Å². The van der Waals surface area contributed by atoms with E-state index in [2.05, 4.69) is 28.1 Å². The highest BCUT2D eigenvalue weighted by Crippen LogP contribution is 2.43. The van der Waals surface area contributed by atoms with E-state index in [1.807, 2.05) is 0 Å². The van der Waals surface area contributed by atoms with E-state index in [-0.39, 0.29) is 19.8 Å². The van der Waals surface area contributed by atoms with E-state index in [0.717, 1.165) is 36.6 Å². The number of ether oxygens (including phenoxy) is 2. The van der Waals surface area contributed by atoms with Gasteiger partial charge in [-0.1, -0.05) is 110 Å². The number of esters is 1. The highest BCUT2D eigenvalue weighted by Gasteiger charge is 2.24. The number of hydrogen-bond donors (Lipinski definition) is 1. The molecule has 9 heteroatoms. The smallest absolute Gasteiger partial charge is 0.458 e. The Bertz CT molecular complexity index is 642. The summed E-state index contributed by atoms with van der Waals surface area (Å²) >= 11 is 0. The molecule has 0 aromatic heterocycles. The van der Waals surface area contributed by atoms with Crippen LogP contribution in [0.3, 0.4) is 0 Å². The summed E-state index contributed by atoms with van der Waals surface area (Å²) in [6, 6.07) is 0. The molecular formula is C32H67NO7P+. The maximum absolute atomic E-state index is 12.2. The Morgan fingerprint density at radius 1 is 0.659 bits per heavy atom. The van der Waals surface area contributed by atoms with Crippen LogP contribution in [0.25, 0.3) is 0 Å². The standard InChI is InChI=1S/C32H66NO7P/c1-6-7-8-9-10-11-12-13-14-15-16-18-21-24-27-37-29-32(40-31(2)34)30-39-41(35,36)38-28-25-22-19-17-20-23-26-33(3,4)5/h32H,6-30H2,1-5H3/p+1. The Morgan fingerprint density at radius 3 is 1.56 bits per heavy atom. The van der Waals surface area contributed by atoms with Crippen molar-refractivity contribution in [3.63, 3.8) is 0 Å². The molecule has 0 aromatic rings. The molecule has 0 radical (unpaired) electrons. The van der Waals surface area contributed by atoms with E-state index in [4.69, 9.17) is 18.5 Å². The van der Waals surface area contributed by atoms with Crippen LogP contribution in [0.2, 0.25) is 0 Å². The number of hydrogen-bond acceptors (Lipinski definition) is 6. The normalized spacial score (nSPS) is 14.2. The molecular weight excluding hydrogens is 541 g/mol. The highest BCUT2D eigenvalue weighted by atomic mass is 31.2. The first-order valence-electron chi connectivity index (χ1n) is 16.7. The first-order valence-corrected chi connectivity index (χ1v) is 18.2. The van der Waals surface area contributed by atoms with Crippen molar-refractivity contribution in [1.82, 2.24) is 0 Å². The summed E-state index contributed by atoms with van der Waals surface area (Å²) in [5.41, 5.74) is 0. The Balaban J connectivity index is 3.78. The molecule has 0 rings (SSSR count). The van der Waals surface area contributed by atoms with Crippen LogP contribution < -0.4 is 0 Å². The predicted molar refractivity (Wildman–Crippen MR) is 169 cm³/mol.